The number of anilines is 1. The summed E-state index contributed by atoms with van der Waals surface area (Å²) in [5.74, 6) is 2.81. The molecule has 0 spiro atoms. The van der Waals surface area contributed by atoms with Crippen LogP contribution in [0.2, 0.25) is 0 Å². The Hall–Kier alpha value is -1.65. The van der Waals surface area contributed by atoms with Crippen LogP contribution in [-0.4, -0.2) is 47.0 Å². The number of rotatable bonds is 3. The fourth-order valence-electron chi connectivity index (χ4n) is 3.57. The standard InChI is InChI=1S/C17H26N4O/c1-13-18-16(12-17(19-13)21-7-3-4-8-21)11-15-5-9-20(10-6-15)14(2)22/h12,15H,3-11H2,1-2H3. The second-order valence-corrected chi connectivity index (χ2v) is 6.61. The first-order chi connectivity index (χ1) is 10.6. The largest absolute Gasteiger partial charge is 0.357 e. The highest BCUT2D eigenvalue weighted by molar-refractivity contribution is 5.73. The minimum Gasteiger partial charge on any atom is -0.357 e. The highest BCUT2D eigenvalue weighted by atomic mass is 16.2. The number of hydrogen-bond acceptors (Lipinski definition) is 4. The van der Waals surface area contributed by atoms with Crippen LogP contribution in [0, 0.1) is 12.8 Å². The van der Waals surface area contributed by atoms with Crippen LogP contribution in [0.1, 0.15) is 44.1 Å². The monoisotopic (exact) mass is 302 g/mol. The number of nitrogens with zero attached hydrogens (tertiary/aromatic N) is 4. The number of amides is 1. The topological polar surface area (TPSA) is 49.3 Å². The zero-order valence-electron chi connectivity index (χ0n) is 13.7. The van der Waals surface area contributed by atoms with E-state index in [0.717, 1.165) is 62.8 Å². The third-order valence-electron chi connectivity index (χ3n) is 4.87. The van der Waals surface area contributed by atoms with Crippen molar-refractivity contribution < 1.29 is 4.79 Å². The van der Waals surface area contributed by atoms with Crippen molar-refractivity contribution in [1.29, 1.82) is 0 Å². The number of likely N-dealkylation sites (tertiary alicyclic amines) is 1. The normalized spacial score (nSPS) is 19.7. The summed E-state index contributed by atoms with van der Waals surface area (Å²) in [6, 6.07) is 2.18. The van der Waals surface area contributed by atoms with Crippen LogP contribution in [0.4, 0.5) is 5.82 Å². The molecule has 5 heteroatoms. The van der Waals surface area contributed by atoms with E-state index in [4.69, 9.17) is 0 Å². The smallest absolute Gasteiger partial charge is 0.219 e. The predicted octanol–water partition coefficient (Wildman–Crippen LogP) is 2.19. The molecule has 3 heterocycles. The lowest BCUT2D eigenvalue weighted by atomic mass is 9.92. The molecule has 0 atom stereocenters. The average molecular weight is 302 g/mol. The molecule has 2 saturated heterocycles. The molecule has 0 N–H and O–H groups in total. The molecule has 0 bridgehead atoms. The summed E-state index contributed by atoms with van der Waals surface area (Å²) in [5.41, 5.74) is 1.16. The second kappa shape index (κ2) is 6.63. The summed E-state index contributed by atoms with van der Waals surface area (Å²) in [5, 5.41) is 0. The van der Waals surface area contributed by atoms with E-state index in [1.54, 1.807) is 6.92 Å². The van der Waals surface area contributed by atoms with Gasteiger partial charge in [-0.25, -0.2) is 9.97 Å². The van der Waals surface area contributed by atoms with Gasteiger partial charge in [-0.05, 0) is 44.9 Å². The van der Waals surface area contributed by atoms with E-state index in [-0.39, 0.29) is 5.91 Å². The number of carbonyl (C=O) groups is 1. The van der Waals surface area contributed by atoms with Crippen molar-refractivity contribution in [2.24, 2.45) is 5.92 Å². The van der Waals surface area contributed by atoms with Crippen LogP contribution in [-0.2, 0) is 11.2 Å². The van der Waals surface area contributed by atoms with Gasteiger partial charge in [-0.15, -0.1) is 0 Å². The Balaban J connectivity index is 1.64. The molecular weight excluding hydrogens is 276 g/mol. The lowest BCUT2D eigenvalue weighted by molar-refractivity contribution is -0.130. The quantitative estimate of drug-likeness (QED) is 0.859. The van der Waals surface area contributed by atoms with Gasteiger partial charge in [-0.1, -0.05) is 0 Å². The molecule has 2 aliphatic heterocycles. The highest BCUT2D eigenvalue weighted by Gasteiger charge is 2.22. The third kappa shape index (κ3) is 3.57. The molecule has 1 amide bonds. The number of hydrogen-bond donors (Lipinski definition) is 0. The summed E-state index contributed by atoms with van der Waals surface area (Å²) in [7, 11) is 0. The van der Waals surface area contributed by atoms with Crippen LogP contribution < -0.4 is 4.90 Å². The van der Waals surface area contributed by atoms with Crippen molar-refractivity contribution in [3.05, 3.63) is 17.6 Å². The van der Waals surface area contributed by atoms with Crippen LogP contribution in [0.3, 0.4) is 0 Å². The molecule has 2 aliphatic rings. The van der Waals surface area contributed by atoms with E-state index in [9.17, 15) is 4.79 Å². The highest BCUT2D eigenvalue weighted by Crippen LogP contribution is 2.24. The van der Waals surface area contributed by atoms with Crippen LogP contribution in [0.15, 0.2) is 6.07 Å². The number of aryl methyl sites for hydroxylation is 1. The van der Waals surface area contributed by atoms with Crippen molar-refractivity contribution in [3.63, 3.8) is 0 Å². The van der Waals surface area contributed by atoms with Gasteiger partial charge in [-0.3, -0.25) is 4.79 Å². The number of piperidine rings is 1. The van der Waals surface area contributed by atoms with Crippen molar-refractivity contribution in [2.75, 3.05) is 31.1 Å². The fourth-order valence-corrected chi connectivity index (χ4v) is 3.57. The second-order valence-electron chi connectivity index (χ2n) is 6.61. The van der Waals surface area contributed by atoms with Gasteiger partial charge in [-0.2, -0.15) is 0 Å². The third-order valence-corrected chi connectivity index (χ3v) is 4.87. The molecule has 1 aromatic rings. The van der Waals surface area contributed by atoms with Crippen LogP contribution >= 0.6 is 0 Å². The van der Waals surface area contributed by atoms with Gasteiger partial charge in [0, 0.05) is 44.9 Å². The van der Waals surface area contributed by atoms with Gasteiger partial charge in [0.15, 0.2) is 0 Å². The Morgan fingerprint density at radius 1 is 1.18 bits per heavy atom. The summed E-state index contributed by atoms with van der Waals surface area (Å²) in [6.07, 6.45) is 5.71. The summed E-state index contributed by atoms with van der Waals surface area (Å²) < 4.78 is 0. The summed E-state index contributed by atoms with van der Waals surface area (Å²) in [4.78, 5) is 25.0. The Morgan fingerprint density at radius 3 is 2.50 bits per heavy atom. The molecule has 22 heavy (non-hydrogen) atoms. The molecule has 0 aliphatic carbocycles. The molecule has 5 nitrogen and oxygen atoms in total. The van der Waals surface area contributed by atoms with E-state index in [1.165, 1.54) is 12.8 Å². The number of aromatic nitrogens is 2. The van der Waals surface area contributed by atoms with Gasteiger partial charge >= 0.3 is 0 Å². The molecule has 120 valence electrons. The van der Waals surface area contributed by atoms with Crippen molar-refractivity contribution in [2.45, 2.75) is 46.0 Å². The molecule has 0 unspecified atom stereocenters. The minimum atomic E-state index is 0.202. The SMILES string of the molecule is CC(=O)N1CCC(Cc2cc(N3CCCC3)nc(C)n2)CC1. The fraction of sp³-hybridized carbons (Fsp3) is 0.706. The Kier molecular flexibility index (Phi) is 4.60. The van der Waals surface area contributed by atoms with E-state index in [1.807, 2.05) is 11.8 Å². The van der Waals surface area contributed by atoms with Gasteiger partial charge in [0.1, 0.15) is 11.6 Å². The van der Waals surface area contributed by atoms with Gasteiger partial charge in [0.2, 0.25) is 5.91 Å². The minimum absolute atomic E-state index is 0.202. The van der Waals surface area contributed by atoms with Crippen molar-refractivity contribution >= 4 is 11.7 Å². The zero-order valence-corrected chi connectivity index (χ0v) is 13.7. The van der Waals surface area contributed by atoms with Crippen molar-refractivity contribution in [3.8, 4) is 0 Å². The maximum Gasteiger partial charge on any atom is 0.219 e. The predicted molar refractivity (Wildman–Crippen MR) is 86.9 cm³/mol. The Labute approximate surface area is 132 Å². The molecular formula is C17H26N4O. The van der Waals surface area contributed by atoms with Gasteiger partial charge in [0.25, 0.3) is 0 Å². The van der Waals surface area contributed by atoms with E-state index in [2.05, 4.69) is 20.9 Å². The first-order valence-corrected chi connectivity index (χ1v) is 8.47. The van der Waals surface area contributed by atoms with Gasteiger partial charge in [0.05, 0.1) is 0 Å². The molecule has 0 radical (unpaired) electrons. The average Bonchev–Trinajstić information content (AvgIpc) is 3.01. The molecule has 0 aromatic carbocycles. The number of carbonyl (C=O) groups excluding carboxylic acids is 1. The van der Waals surface area contributed by atoms with E-state index in [0.29, 0.717) is 5.92 Å². The maximum absolute atomic E-state index is 11.4. The van der Waals surface area contributed by atoms with Crippen molar-refractivity contribution in [1.82, 2.24) is 14.9 Å². The van der Waals surface area contributed by atoms with Crippen LogP contribution in [0.25, 0.3) is 0 Å². The molecule has 3 rings (SSSR count). The summed E-state index contributed by atoms with van der Waals surface area (Å²) in [6.45, 7) is 7.67. The molecule has 0 saturated carbocycles. The van der Waals surface area contributed by atoms with Gasteiger partial charge < -0.3 is 9.80 Å². The Morgan fingerprint density at radius 2 is 1.86 bits per heavy atom. The first kappa shape index (κ1) is 15.3. The molecule has 2 fully saturated rings. The van der Waals surface area contributed by atoms with E-state index < -0.39 is 0 Å². The van der Waals surface area contributed by atoms with E-state index >= 15 is 0 Å². The van der Waals surface area contributed by atoms with Crippen LogP contribution in [0.5, 0.6) is 0 Å². The lowest BCUT2D eigenvalue weighted by Crippen LogP contribution is -2.37. The summed E-state index contributed by atoms with van der Waals surface area (Å²) >= 11 is 0. The maximum atomic E-state index is 11.4. The first-order valence-electron chi connectivity index (χ1n) is 8.47. The Bertz CT molecular complexity index is 531. The molecule has 1 aromatic heterocycles. The zero-order chi connectivity index (χ0) is 15.5. The lowest BCUT2D eigenvalue weighted by Gasteiger charge is -2.31.